The van der Waals surface area contributed by atoms with E-state index in [1.54, 1.807) is 0 Å². The van der Waals surface area contributed by atoms with Crippen LogP contribution in [0.4, 0.5) is 4.39 Å². The molecule has 1 heterocycles. The lowest BCUT2D eigenvalue weighted by molar-refractivity contribution is 0.314. The van der Waals surface area contributed by atoms with Gasteiger partial charge in [-0.2, -0.15) is 4.31 Å². The van der Waals surface area contributed by atoms with Crippen LogP contribution in [0.2, 0.25) is 0 Å². The third-order valence-corrected chi connectivity index (χ3v) is 6.00. The highest BCUT2D eigenvalue weighted by molar-refractivity contribution is 7.89. The van der Waals surface area contributed by atoms with E-state index in [-0.39, 0.29) is 22.7 Å². The van der Waals surface area contributed by atoms with Crippen LogP contribution in [-0.2, 0) is 15.9 Å². The van der Waals surface area contributed by atoms with Crippen LogP contribution in [0, 0.1) is 11.7 Å². The fourth-order valence-corrected chi connectivity index (χ4v) is 4.79. The van der Waals surface area contributed by atoms with Crippen LogP contribution in [0.3, 0.4) is 0 Å². The van der Waals surface area contributed by atoms with E-state index in [2.05, 4.69) is 0 Å². The van der Waals surface area contributed by atoms with Crippen LogP contribution in [0.1, 0.15) is 32.3 Å². The molecule has 6 heteroatoms. The minimum atomic E-state index is -3.80. The molecule has 1 atom stereocenters. The van der Waals surface area contributed by atoms with Gasteiger partial charge >= 0.3 is 0 Å². The lowest BCUT2D eigenvalue weighted by atomic mass is 10.0. The number of rotatable bonds is 4. The summed E-state index contributed by atoms with van der Waals surface area (Å²) in [7, 11) is -3.80. The summed E-state index contributed by atoms with van der Waals surface area (Å²) in [4.78, 5) is -0.261. The topological polar surface area (TPSA) is 37.4 Å². The molecule has 1 aromatic rings. The molecule has 1 unspecified atom stereocenters. The monoisotopic (exact) mass is 319 g/mol. The molecule has 0 radical (unpaired) electrons. The third kappa shape index (κ3) is 2.85. The summed E-state index contributed by atoms with van der Waals surface area (Å²) in [6.07, 6.45) is 1.65. The standard InChI is InChI=1S/C14H19ClFNO2S/c1-10(2)13-4-3-7-17(13)20(18,19)14-8-11(9-15)5-6-12(14)16/h5-6,8,10,13H,3-4,7,9H2,1-2H3. The Labute approximate surface area is 124 Å². The maximum atomic E-state index is 13.9. The normalized spacial score (nSPS) is 20.8. The number of hydrogen-bond donors (Lipinski definition) is 0. The summed E-state index contributed by atoms with van der Waals surface area (Å²) in [5.74, 6) is -0.337. The van der Waals surface area contributed by atoms with Crippen LogP contribution < -0.4 is 0 Å². The molecule has 20 heavy (non-hydrogen) atoms. The van der Waals surface area contributed by atoms with Crippen molar-refractivity contribution in [1.29, 1.82) is 0 Å². The van der Waals surface area contributed by atoms with Crippen molar-refractivity contribution in [3.05, 3.63) is 29.6 Å². The molecule has 0 amide bonds. The number of benzene rings is 1. The Balaban J connectivity index is 2.44. The second-order valence-corrected chi connectivity index (χ2v) is 7.59. The molecule has 3 nitrogen and oxygen atoms in total. The first-order chi connectivity index (χ1) is 9.37. The molecule has 1 fully saturated rings. The van der Waals surface area contributed by atoms with Gasteiger partial charge < -0.3 is 0 Å². The highest BCUT2D eigenvalue weighted by Gasteiger charge is 2.38. The van der Waals surface area contributed by atoms with Gasteiger partial charge in [-0.15, -0.1) is 11.6 Å². The van der Waals surface area contributed by atoms with Crippen LogP contribution >= 0.6 is 11.6 Å². The molecule has 0 bridgehead atoms. The molecule has 0 N–H and O–H groups in total. The van der Waals surface area contributed by atoms with Crippen LogP contribution in [0.5, 0.6) is 0 Å². The smallest absolute Gasteiger partial charge is 0.207 e. The number of sulfonamides is 1. The quantitative estimate of drug-likeness (QED) is 0.798. The predicted molar refractivity (Wildman–Crippen MR) is 77.7 cm³/mol. The number of halogens is 2. The number of hydrogen-bond acceptors (Lipinski definition) is 2. The fraction of sp³-hybridized carbons (Fsp3) is 0.571. The van der Waals surface area contributed by atoms with Crippen LogP contribution in [0.25, 0.3) is 0 Å². The minimum Gasteiger partial charge on any atom is -0.207 e. The van der Waals surface area contributed by atoms with Gasteiger partial charge in [0, 0.05) is 18.5 Å². The van der Waals surface area contributed by atoms with Crippen molar-refractivity contribution in [2.24, 2.45) is 5.92 Å². The third-order valence-electron chi connectivity index (χ3n) is 3.75. The van der Waals surface area contributed by atoms with Crippen molar-refractivity contribution in [1.82, 2.24) is 4.31 Å². The Morgan fingerprint density at radius 1 is 1.45 bits per heavy atom. The maximum absolute atomic E-state index is 13.9. The van der Waals surface area contributed by atoms with Crippen LogP contribution in [0.15, 0.2) is 23.1 Å². The fourth-order valence-electron chi connectivity index (χ4n) is 2.69. The Hall–Kier alpha value is -0.650. The van der Waals surface area contributed by atoms with E-state index < -0.39 is 15.8 Å². The van der Waals surface area contributed by atoms with Crippen molar-refractivity contribution >= 4 is 21.6 Å². The van der Waals surface area contributed by atoms with Crippen molar-refractivity contribution in [3.8, 4) is 0 Å². The van der Waals surface area contributed by atoms with Gasteiger partial charge in [0.15, 0.2) is 0 Å². The highest BCUT2D eigenvalue weighted by Crippen LogP contribution is 2.31. The molecule has 1 saturated heterocycles. The van der Waals surface area contributed by atoms with E-state index in [1.165, 1.54) is 22.5 Å². The van der Waals surface area contributed by atoms with Crippen molar-refractivity contribution in [3.63, 3.8) is 0 Å². The van der Waals surface area contributed by atoms with Gasteiger partial charge in [0.2, 0.25) is 10.0 Å². The van der Waals surface area contributed by atoms with E-state index >= 15 is 0 Å². The molecule has 1 aromatic carbocycles. The molecule has 1 aliphatic rings. The molecule has 0 aromatic heterocycles. The van der Waals surface area contributed by atoms with Gasteiger partial charge in [-0.05, 0) is 36.5 Å². The summed E-state index contributed by atoms with van der Waals surface area (Å²) in [6.45, 7) is 4.43. The Morgan fingerprint density at radius 2 is 2.15 bits per heavy atom. The number of alkyl halides is 1. The van der Waals surface area contributed by atoms with Gasteiger partial charge in [-0.25, -0.2) is 12.8 Å². The Morgan fingerprint density at radius 3 is 2.75 bits per heavy atom. The summed E-state index contributed by atoms with van der Waals surface area (Å²) in [6, 6.07) is 3.96. The first-order valence-electron chi connectivity index (χ1n) is 6.74. The number of nitrogens with zero attached hydrogens (tertiary/aromatic N) is 1. The van der Waals surface area contributed by atoms with E-state index in [0.717, 1.165) is 12.8 Å². The molecule has 0 aliphatic carbocycles. The van der Waals surface area contributed by atoms with E-state index in [0.29, 0.717) is 12.1 Å². The average Bonchev–Trinajstić information content (AvgIpc) is 2.89. The summed E-state index contributed by atoms with van der Waals surface area (Å²) >= 11 is 5.71. The van der Waals surface area contributed by atoms with Crippen molar-refractivity contribution in [2.75, 3.05) is 6.54 Å². The molecular weight excluding hydrogens is 301 g/mol. The summed E-state index contributed by atoms with van der Waals surface area (Å²) in [5.41, 5.74) is 0.604. The first kappa shape index (κ1) is 15.7. The highest BCUT2D eigenvalue weighted by atomic mass is 35.5. The van der Waals surface area contributed by atoms with Crippen LogP contribution in [-0.4, -0.2) is 25.3 Å². The zero-order valence-electron chi connectivity index (χ0n) is 11.6. The molecule has 112 valence electrons. The van der Waals surface area contributed by atoms with Gasteiger partial charge in [0.1, 0.15) is 10.7 Å². The van der Waals surface area contributed by atoms with E-state index in [4.69, 9.17) is 11.6 Å². The maximum Gasteiger partial charge on any atom is 0.246 e. The minimum absolute atomic E-state index is 0.0564. The molecule has 0 spiro atoms. The average molecular weight is 320 g/mol. The van der Waals surface area contributed by atoms with Gasteiger partial charge in [0.25, 0.3) is 0 Å². The molecule has 0 saturated carbocycles. The lowest BCUT2D eigenvalue weighted by Gasteiger charge is -2.27. The lowest BCUT2D eigenvalue weighted by Crippen LogP contribution is -2.38. The Kier molecular flexibility index (Phi) is 4.72. The molecular formula is C14H19ClFNO2S. The zero-order chi connectivity index (χ0) is 14.9. The van der Waals surface area contributed by atoms with Crippen molar-refractivity contribution < 1.29 is 12.8 Å². The van der Waals surface area contributed by atoms with E-state index in [1.807, 2.05) is 13.8 Å². The van der Waals surface area contributed by atoms with Gasteiger partial charge in [0.05, 0.1) is 0 Å². The van der Waals surface area contributed by atoms with Gasteiger partial charge in [-0.3, -0.25) is 0 Å². The first-order valence-corrected chi connectivity index (χ1v) is 8.71. The summed E-state index contributed by atoms with van der Waals surface area (Å²) in [5, 5.41) is 0. The molecule has 1 aliphatic heterocycles. The second kappa shape index (κ2) is 6.00. The second-order valence-electron chi connectivity index (χ2n) is 5.47. The SMILES string of the molecule is CC(C)C1CCCN1S(=O)(=O)c1cc(CCl)ccc1F. The predicted octanol–water partition coefficient (Wildman–Crippen LogP) is 3.37. The zero-order valence-corrected chi connectivity index (χ0v) is 13.2. The van der Waals surface area contributed by atoms with E-state index in [9.17, 15) is 12.8 Å². The largest absolute Gasteiger partial charge is 0.246 e. The molecule has 2 rings (SSSR count). The Bertz CT molecular complexity index is 589. The van der Waals surface area contributed by atoms with Gasteiger partial charge in [-0.1, -0.05) is 19.9 Å². The van der Waals surface area contributed by atoms with Crippen molar-refractivity contribution in [2.45, 2.75) is 43.5 Å². The summed E-state index contributed by atoms with van der Waals surface area (Å²) < 4.78 is 40.7.